The molecule has 8 rings (SSSR count). The van der Waals surface area contributed by atoms with Crippen molar-refractivity contribution in [3.63, 3.8) is 0 Å². The van der Waals surface area contributed by atoms with E-state index in [9.17, 15) is 27.9 Å². The standard InChI is InChI=1S/C50H46Cl2F3N3O6/c1-3-42(38-7-5-4-6-29(38)2)58-26-36-24-45-44(63-28-46(64-45)33-13-15-37(16-14-33)62-27-31-10-17-39(51)40(52)20-31)23-35(36)22-43(58)48(59)57-41(49(60)61)21-30-8-11-32(12-9-30)34-18-19-56-47(25-34)50(53,54)55/h4-20,23-25,29,38,41-43,46H,3,21-22,26-28H2,1-2H3,(H,57,59)(H,60,61). The van der Waals surface area contributed by atoms with E-state index in [0.29, 0.717) is 63.6 Å². The number of alkyl halides is 3. The van der Waals surface area contributed by atoms with Gasteiger partial charge in [0.15, 0.2) is 17.6 Å². The molecule has 1 aliphatic carbocycles. The van der Waals surface area contributed by atoms with Crippen molar-refractivity contribution in [1.82, 2.24) is 15.2 Å². The summed E-state index contributed by atoms with van der Waals surface area (Å²) < 4.78 is 58.8. The van der Waals surface area contributed by atoms with Crippen LogP contribution < -0.4 is 19.5 Å². The smallest absolute Gasteiger partial charge is 0.433 e. The zero-order valence-corrected chi connectivity index (χ0v) is 36.5. The van der Waals surface area contributed by atoms with Gasteiger partial charge in [-0.1, -0.05) is 104 Å². The highest BCUT2D eigenvalue weighted by Crippen LogP contribution is 2.42. The molecule has 332 valence electrons. The van der Waals surface area contributed by atoms with Crippen molar-refractivity contribution in [2.45, 2.75) is 76.7 Å². The average Bonchev–Trinajstić information content (AvgIpc) is 3.29. The van der Waals surface area contributed by atoms with Crippen molar-refractivity contribution < 1.29 is 42.1 Å². The number of carbonyl (C=O) groups is 2. The van der Waals surface area contributed by atoms with Crippen LogP contribution in [-0.4, -0.2) is 51.6 Å². The molecular formula is C50H46Cl2F3N3O6. The van der Waals surface area contributed by atoms with Gasteiger partial charge >= 0.3 is 12.1 Å². The average molecular weight is 913 g/mol. The molecule has 5 aromatic rings. The fraction of sp³-hybridized carbons (Fsp3) is 0.300. The summed E-state index contributed by atoms with van der Waals surface area (Å²) in [6.07, 6.45) is 5.56. The number of carboxylic acid groups (broad SMARTS) is 1. The summed E-state index contributed by atoms with van der Waals surface area (Å²) in [5.41, 5.74) is 4.14. The number of pyridine rings is 1. The first-order valence-corrected chi connectivity index (χ1v) is 21.9. The lowest BCUT2D eigenvalue weighted by atomic mass is 9.80. The molecule has 0 spiro atoms. The van der Waals surface area contributed by atoms with Gasteiger partial charge in [-0.15, -0.1) is 0 Å². The Balaban J connectivity index is 0.992. The van der Waals surface area contributed by atoms with E-state index in [1.165, 1.54) is 6.07 Å². The summed E-state index contributed by atoms with van der Waals surface area (Å²) in [4.78, 5) is 32.8. The molecule has 3 heterocycles. The van der Waals surface area contributed by atoms with E-state index in [4.69, 9.17) is 37.4 Å². The summed E-state index contributed by atoms with van der Waals surface area (Å²) in [7, 11) is 0. The molecule has 2 aliphatic heterocycles. The minimum atomic E-state index is -4.59. The molecule has 3 aliphatic rings. The number of nitrogens with zero attached hydrogens (tertiary/aromatic N) is 2. The van der Waals surface area contributed by atoms with Crippen LogP contribution in [0.15, 0.2) is 121 Å². The van der Waals surface area contributed by atoms with Crippen molar-refractivity contribution in [3.8, 4) is 28.4 Å². The Kier molecular flexibility index (Phi) is 13.4. The first kappa shape index (κ1) is 44.8. The van der Waals surface area contributed by atoms with Crippen LogP contribution in [0.3, 0.4) is 0 Å². The zero-order chi connectivity index (χ0) is 45.1. The Bertz CT molecular complexity index is 2570. The molecule has 9 nitrogen and oxygen atoms in total. The number of aromatic nitrogens is 1. The van der Waals surface area contributed by atoms with E-state index in [1.54, 1.807) is 36.4 Å². The number of ether oxygens (including phenoxy) is 3. The lowest BCUT2D eigenvalue weighted by molar-refractivity contribution is -0.143. The quantitative estimate of drug-likeness (QED) is 0.120. The molecule has 1 aromatic heterocycles. The summed E-state index contributed by atoms with van der Waals surface area (Å²) in [6, 6.07) is 24.0. The molecule has 0 saturated heterocycles. The topological polar surface area (TPSA) is 110 Å². The predicted molar refractivity (Wildman–Crippen MR) is 239 cm³/mol. The second-order valence-electron chi connectivity index (χ2n) is 16.4. The summed E-state index contributed by atoms with van der Waals surface area (Å²) >= 11 is 12.2. The minimum Gasteiger partial charge on any atom is -0.489 e. The number of hydrogen-bond acceptors (Lipinski definition) is 7. The van der Waals surface area contributed by atoms with Crippen molar-refractivity contribution in [2.24, 2.45) is 11.8 Å². The molecule has 14 heteroatoms. The number of rotatable bonds is 13. The maximum Gasteiger partial charge on any atom is 0.433 e. The summed E-state index contributed by atoms with van der Waals surface area (Å²) in [5.74, 6) is 0.541. The highest BCUT2D eigenvalue weighted by Gasteiger charge is 2.41. The molecule has 6 atom stereocenters. The molecule has 4 aromatic carbocycles. The number of carboxylic acids is 1. The first-order valence-electron chi connectivity index (χ1n) is 21.1. The fourth-order valence-electron chi connectivity index (χ4n) is 8.75. The van der Waals surface area contributed by atoms with Crippen LogP contribution >= 0.6 is 23.2 Å². The van der Waals surface area contributed by atoms with Gasteiger partial charge in [0.1, 0.15) is 30.7 Å². The number of benzene rings is 4. The molecule has 0 radical (unpaired) electrons. The molecule has 6 unspecified atom stereocenters. The van der Waals surface area contributed by atoms with Gasteiger partial charge in [0.05, 0.1) is 16.1 Å². The van der Waals surface area contributed by atoms with Gasteiger partial charge in [-0.2, -0.15) is 13.2 Å². The van der Waals surface area contributed by atoms with Gasteiger partial charge in [-0.05, 0) is 112 Å². The summed E-state index contributed by atoms with van der Waals surface area (Å²) in [5, 5.41) is 14.2. The Morgan fingerprint density at radius 1 is 0.906 bits per heavy atom. The monoisotopic (exact) mass is 911 g/mol. The van der Waals surface area contributed by atoms with Crippen molar-refractivity contribution in [2.75, 3.05) is 6.61 Å². The van der Waals surface area contributed by atoms with Gasteiger partial charge in [-0.3, -0.25) is 14.7 Å². The number of allylic oxidation sites excluding steroid dienone is 3. The first-order chi connectivity index (χ1) is 30.7. The van der Waals surface area contributed by atoms with Crippen LogP contribution in [0, 0.1) is 11.8 Å². The van der Waals surface area contributed by atoms with E-state index >= 15 is 0 Å². The Morgan fingerprint density at radius 3 is 2.34 bits per heavy atom. The van der Waals surface area contributed by atoms with Gasteiger partial charge in [0.25, 0.3) is 0 Å². The predicted octanol–water partition coefficient (Wildman–Crippen LogP) is 10.9. The number of fused-ring (bicyclic) bond motifs is 2. The van der Waals surface area contributed by atoms with Crippen LogP contribution in [0.4, 0.5) is 13.2 Å². The molecule has 2 N–H and O–H groups in total. The van der Waals surface area contributed by atoms with Crippen LogP contribution in [-0.2, 0) is 41.8 Å². The lowest BCUT2D eigenvalue weighted by Gasteiger charge is -2.45. The number of hydrogen-bond donors (Lipinski definition) is 2. The Labute approximate surface area is 379 Å². The number of carbonyl (C=O) groups excluding carboxylic acids is 1. The maximum atomic E-state index is 14.5. The van der Waals surface area contributed by atoms with E-state index in [2.05, 4.69) is 41.2 Å². The molecule has 64 heavy (non-hydrogen) atoms. The number of nitrogens with one attached hydrogen (secondary N) is 1. The summed E-state index contributed by atoms with van der Waals surface area (Å²) in [6.45, 7) is 5.27. The third-order valence-electron chi connectivity index (χ3n) is 12.2. The fourth-order valence-corrected chi connectivity index (χ4v) is 9.07. The van der Waals surface area contributed by atoms with Crippen molar-refractivity contribution in [3.05, 3.63) is 165 Å². The third kappa shape index (κ3) is 10.1. The van der Waals surface area contributed by atoms with Crippen LogP contribution in [0.1, 0.15) is 59.9 Å². The van der Waals surface area contributed by atoms with E-state index in [0.717, 1.165) is 40.9 Å². The van der Waals surface area contributed by atoms with Gasteiger partial charge in [0.2, 0.25) is 5.91 Å². The number of amides is 1. The van der Waals surface area contributed by atoms with Gasteiger partial charge in [-0.25, -0.2) is 4.79 Å². The Morgan fingerprint density at radius 2 is 1.64 bits per heavy atom. The van der Waals surface area contributed by atoms with Crippen LogP contribution in [0.2, 0.25) is 10.0 Å². The maximum absolute atomic E-state index is 14.5. The molecule has 0 bridgehead atoms. The largest absolute Gasteiger partial charge is 0.489 e. The van der Waals surface area contributed by atoms with Crippen LogP contribution in [0.25, 0.3) is 11.1 Å². The number of halogens is 5. The lowest BCUT2D eigenvalue weighted by Crippen LogP contribution is -2.58. The molecule has 0 fully saturated rings. The minimum absolute atomic E-state index is 0.0342. The molecule has 0 saturated carbocycles. The third-order valence-corrected chi connectivity index (χ3v) is 12.9. The molecular weight excluding hydrogens is 866 g/mol. The van der Waals surface area contributed by atoms with E-state index in [-0.39, 0.29) is 37.0 Å². The van der Waals surface area contributed by atoms with Gasteiger partial charge < -0.3 is 24.6 Å². The van der Waals surface area contributed by atoms with Gasteiger partial charge in [0, 0.05) is 25.2 Å². The normalized spacial score (nSPS) is 20.2. The Hall–Kier alpha value is -5.82. The highest BCUT2D eigenvalue weighted by atomic mass is 35.5. The second kappa shape index (κ2) is 19.1. The van der Waals surface area contributed by atoms with Crippen molar-refractivity contribution >= 4 is 35.1 Å². The second-order valence-corrected chi connectivity index (χ2v) is 17.2. The highest BCUT2D eigenvalue weighted by molar-refractivity contribution is 6.42. The van der Waals surface area contributed by atoms with E-state index in [1.807, 2.05) is 54.6 Å². The molecule has 1 amide bonds. The van der Waals surface area contributed by atoms with Crippen LogP contribution in [0.5, 0.6) is 17.2 Å². The van der Waals surface area contributed by atoms with Crippen molar-refractivity contribution in [1.29, 1.82) is 0 Å². The number of aliphatic carboxylic acids is 1. The van der Waals surface area contributed by atoms with E-state index < -0.39 is 35.8 Å². The zero-order valence-electron chi connectivity index (χ0n) is 35.0. The SMILES string of the molecule is CCC(C1C=CC=CC1C)N1Cc2cc3c(cc2CC1C(=O)NC(Cc1ccc(-c2ccnc(C(F)(F)F)c2)cc1)C(=O)O)OCC(c1ccc(OCc2ccc(Cl)c(Cl)c2)cc1)O3.